The molecule has 0 aromatic heterocycles. The molecule has 3 unspecified atom stereocenters. The average Bonchev–Trinajstić information content (AvgIpc) is 2.46. The molecule has 0 bridgehead atoms. The Kier molecular flexibility index (Phi) is 1.69. The van der Waals surface area contributed by atoms with Crippen LogP contribution in [0.25, 0.3) is 0 Å². The van der Waals surface area contributed by atoms with E-state index in [4.69, 9.17) is 9.84 Å². The average molecular weight is 156 g/mol. The van der Waals surface area contributed by atoms with Gasteiger partial charge in [-0.25, -0.2) is 0 Å². The van der Waals surface area contributed by atoms with Crippen molar-refractivity contribution in [3.63, 3.8) is 0 Å². The van der Waals surface area contributed by atoms with Crippen LogP contribution >= 0.6 is 0 Å². The molecule has 64 valence electrons. The third-order valence-electron chi connectivity index (χ3n) is 3.05. The molecule has 2 fully saturated rings. The normalized spacial score (nSPS) is 49.6. The van der Waals surface area contributed by atoms with Crippen LogP contribution in [0.4, 0.5) is 0 Å². The molecule has 2 aliphatic rings. The maximum absolute atomic E-state index is 9.06. The Morgan fingerprint density at radius 3 is 3.00 bits per heavy atom. The van der Waals surface area contributed by atoms with Crippen LogP contribution in [0, 0.1) is 5.92 Å². The Bertz CT molecular complexity index is 144. The molecule has 0 radical (unpaired) electrons. The van der Waals surface area contributed by atoms with Gasteiger partial charge >= 0.3 is 0 Å². The third-order valence-corrected chi connectivity index (χ3v) is 3.05. The van der Waals surface area contributed by atoms with Crippen LogP contribution in [0.15, 0.2) is 0 Å². The second kappa shape index (κ2) is 2.46. The van der Waals surface area contributed by atoms with E-state index < -0.39 is 0 Å². The lowest BCUT2D eigenvalue weighted by Gasteiger charge is -2.21. The first kappa shape index (κ1) is 7.56. The van der Waals surface area contributed by atoms with Crippen molar-refractivity contribution in [1.29, 1.82) is 0 Å². The number of rotatable bonds is 1. The predicted molar refractivity (Wildman–Crippen MR) is 42.3 cm³/mol. The van der Waals surface area contributed by atoms with Gasteiger partial charge in [0.1, 0.15) is 0 Å². The van der Waals surface area contributed by atoms with Crippen LogP contribution in [0.2, 0.25) is 0 Å². The van der Waals surface area contributed by atoms with E-state index in [1.807, 2.05) is 6.92 Å². The summed E-state index contributed by atoms with van der Waals surface area (Å²) < 4.78 is 5.77. The van der Waals surface area contributed by atoms with E-state index in [0.29, 0.717) is 6.10 Å². The number of hydrogen-bond donors (Lipinski definition) is 1. The van der Waals surface area contributed by atoms with Gasteiger partial charge in [0.05, 0.1) is 18.3 Å². The summed E-state index contributed by atoms with van der Waals surface area (Å²) in [5.74, 6) is 0.743. The van der Waals surface area contributed by atoms with Crippen molar-refractivity contribution < 1.29 is 9.84 Å². The predicted octanol–water partition coefficient (Wildman–Crippen LogP) is 1.33. The zero-order valence-corrected chi connectivity index (χ0v) is 7.05. The quantitative estimate of drug-likeness (QED) is 0.620. The summed E-state index contributed by atoms with van der Waals surface area (Å²) in [4.78, 5) is 0. The number of ether oxygens (including phenoxy) is 1. The lowest BCUT2D eigenvalue weighted by molar-refractivity contribution is -0.0615. The highest BCUT2D eigenvalue weighted by Crippen LogP contribution is 2.43. The van der Waals surface area contributed by atoms with Gasteiger partial charge in [-0.3, -0.25) is 0 Å². The van der Waals surface area contributed by atoms with E-state index in [2.05, 4.69) is 0 Å². The highest BCUT2D eigenvalue weighted by atomic mass is 16.5. The first-order valence-electron chi connectivity index (χ1n) is 4.52. The summed E-state index contributed by atoms with van der Waals surface area (Å²) in [6.45, 7) is 2.20. The summed E-state index contributed by atoms with van der Waals surface area (Å²) in [5, 5.41) is 9.06. The Labute approximate surface area is 67.6 Å². The monoisotopic (exact) mass is 156 g/mol. The summed E-state index contributed by atoms with van der Waals surface area (Å²) >= 11 is 0. The highest BCUT2D eigenvalue weighted by Gasteiger charge is 2.44. The fourth-order valence-corrected chi connectivity index (χ4v) is 2.46. The smallest absolute Gasteiger partial charge is 0.0891 e. The highest BCUT2D eigenvalue weighted by molar-refractivity contribution is 4.93. The minimum Gasteiger partial charge on any atom is -0.393 e. The molecule has 0 aromatic carbocycles. The van der Waals surface area contributed by atoms with Crippen LogP contribution in [0.5, 0.6) is 0 Å². The molecule has 2 rings (SSSR count). The van der Waals surface area contributed by atoms with Gasteiger partial charge in [-0.2, -0.15) is 0 Å². The molecule has 1 aliphatic carbocycles. The number of aliphatic hydroxyl groups is 1. The largest absolute Gasteiger partial charge is 0.393 e. The number of fused-ring (bicyclic) bond motifs is 1. The van der Waals surface area contributed by atoms with E-state index in [-0.39, 0.29) is 12.2 Å². The summed E-state index contributed by atoms with van der Waals surface area (Å²) in [7, 11) is 0. The molecule has 0 spiro atoms. The van der Waals surface area contributed by atoms with Gasteiger partial charge < -0.3 is 9.84 Å². The van der Waals surface area contributed by atoms with E-state index in [1.54, 1.807) is 0 Å². The van der Waals surface area contributed by atoms with Crippen LogP contribution in [0.1, 0.15) is 32.6 Å². The SMILES string of the molecule is CC1(CO)CC2CCCC2O1. The molecule has 1 heterocycles. The zero-order chi connectivity index (χ0) is 7.90. The molecule has 0 amide bonds. The molecule has 2 heteroatoms. The summed E-state index contributed by atoms with van der Waals surface area (Å²) in [6, 6.07) is 0. The lowest BCUT2D eigenvalue weighted by Crippen LogP contribution is -2.29. The molecule has 1 aliphatic heterocycles. The molecule has 0 aromatic rings. The van der Waals surface area contributed by atoms with Crippen molar-refractivity contribution in [2.45, 2.75) is 44.3 Å². The second-order valence-corrected chi connectivity index (χ2v) is 4.16. The third kappa shape index (κ3) is 1.18. The Morgan fingerprint density at radius 2 is 2.36 bits per heavy atom. The van der Waals surface area contributed by atoms with E-state index in [0.717, 1.165) is 12.3 Å². The molecule has 3 atom stereocenters. The maximum atomic E-state index is 9.06. The lowest BCUT2D eigenvalue weighted by atomic mass is 9.95. The van der Waals surface area contributed by atoms with Crippen LogP contribution in [-0.4, -0.2) is 23.4 Å². The van der Waals surface area contributed by atoms with Crippen LogP contribution < -0.4 is 0 Å². The summed E-state index contributed by atoms with van der Waals surface area (Å²) in [6.07, 6.45) is 5.36. The van der Waals surface area contributed by atoms with Gasteiger partial charge in [0, 0.05) is 0 Å². The van der Waals surface area contributed by atoms with Gasteiger partial charge in [0.2, 0.25) is 0 Å². The molecule has 1 N–H and O–H groups in total. The van der Waals surface area contributed by atoms with Crippen molar-refractivity contribution in [3.05, 3.63) is 0 Å². The topological polar surface area (TPSA) is 29.5 Å². The van der Waals surface area contributed by atoms with Gasteiger partial charge in [-0.1, -0.05) is 6.42 Å². The maximum Gasteiger partial charge on any atom is 0.0891 e. The van der Waals surface area contributed by atoms with Crippen LogP contribution in [-0.2, 0) is 4.74 Å². The van der Waals surface area contributed by atoms with Gasteiger partial charge in [0.15, 0.2) is 0 Å². The minimum atomic E-state index is -0.213. The minimum absolute atomic E-state index is 0.181. The Hall–Kier alpha value is -0.0800. The fourth-order valence-electron chi connectivity index (χ4n) is 2.46. The zero-order valence-electron chi connectivity index (χ0n) is 7.05. The fraction of sp³-hybridized carbons (Fsp3) is 1.00. The van der Waals surface area contributed by atoms with Crippen molar-refractivity contribution >= 4 is 0 Å². The second-order valence-electron chi connectivity index (χ2n) is 4.16. The first-order valence-corrected chi connectivity index (χ1v) is 4.52. The van der Waals surface area contributed by atoms with Crippen molar-refractivity contribution in [2.24, 2.45) is 5.92 Å². The van der Waals surface area contributed by atoms with Gasteiger partial charge in [-0.05, 0) is 32.1 Å². The Balaban J connectivity index is 2.04. The van der Waals surface area contributed by atoms with E-state index >= 15 is 0 Å². The molecular formula is C9H16O2. The molecular weight excluding hydrogens is 140 g/mol. The molecule has 1 saturated heterocycles. The van der Waals surface area contributed by atoms with Crippen molar-refractivity contribution in [3.8, 4) is 0 Å². The van der Waals surface area contributed by atoms with Gasteiger partial charge in [-0.15, -0.1) is 0 Å². The number of aliphatic hydroxyl groups excluding tert-OH is 1. The molecule has 1 saturated carbocycles. The van der Waals surface area contributed by atoms with E-state index in [1.165, 1.54) is 19.3 Å². The van der Waals surface area contributed by atoms with Crippen LogP contribution in [0.3, 0.4) is 0 Å². The van der Waals surface area contributed by atoms with Crippen molar-refractivity contribution in [2.75, 3.05) is 6.61 Å². The summed E-state index contributed by atoms with van der Waals surface area (Å²) in [5.41, 5.74) is -0.213. The molecule has 2 nitrogen and oxygen atoms in total. The standard InChI is InChI=1S/C9H16O2/c1-9(6-10)5-7-3-2-4-8(7)11-9/h7-8,10H,2-6H2,1H3. The number of hydrogen-bond acceptors (Lipinski definition) is 2. The van der Waals surface area contributed by atoms with E-state index in [9.17, 15) is 0 Å². The first-order chi connectivity index (χ1) is 5.23. The van der Waals surface area contributed by atoms with Gasteiger partial charge in [0.25, 0.3) is 0 Å². The Morgan fingerprint density at radius 1 is 1.55 bits per heavy atom. The molecule has 11 heavy (non-hydrogen) atoms. The van der Waals surface area contributed by atoms with Crippen molar-refractivity contribution in [1.82, 2.24) is 0 Å².